The van der Waals surface area contributed by atoms with Crippen LogP contribution in [0.4, 0.5) is 11.4 Å². The van der Waals surface area contributed by atoms with Gasteiger partial charge in [-0.1, -0.05) is 72.1 Å². The molecule has 3 aliphatic rings. The van der Waals surface area contributed by atoms with Crippen LogP contribution in [0.2, 0.25) is 0 Å². The van der Waals surface area contributed by atoms with Crippen molar-refractivity contribution in [2.24, 2.45) is 0 Å². The number of nitrogens with one attached hydrogen (secondary N) is 1. The summed E-state index contributed by atoms with van der Waals surface area (Å²) in [6, 6.07) is 27.0. The maximum atomic E-state index is 2.54. The van der Waals surface area contributed by atoms with E-state index < -0.39 is 0 Å². The Morgan fingerprint density at radius 1 is 0.949 bits per heavy atom. The molecule has 4 aromatic rings. The van der Waals surface area contributed by atoms with Crippen LogP contribution in [-0.2, 0) is 6.42 Å². The van der Waals surface area contributed by atoms with Crippen LogP contribution in [0, 0.1) is 0 Å². The molecule has 194 valence electrons. The zero-order valence-electron chi connectivity index (χ0n) is 22.2. The van der Waals surface area contributed by atoms with Crippen molar-refractivity contribution < 1.29 is 4.90 Å². The first-order valence-electron chi connectivity index (χ1n) is 13.7. The number of thiophene rings is 1. The Kier molecular flexibility index (Phi) is 6.77. The van der Waals surface area contributed by atoms with Crippen molar-refractivity contribution in [3.05, 3.63) is 124 Å². The number of quaternary nitrogens is 1. The molecule has 1 N–H and O–H groups in total. The van der Waals surface area contributed by atoms with E-state index in [4.69, 9.17) is 0 Å². The molecule has 2 atom stereocenters. The molecule has 7 rings (SSSR count). The number of hydrogen-bond donors (Lipinski definition) is 1. The Labute approximate surface area is 243 Å². The van der Waals surface area contributed by atoms with Crippen molar-refractivity contribution in [3.63, 3.8) is 0 Å². The summed E-state index contributed by atoms with van der Waals surface area (Å²) < 4.78 is 0. The van der Waals surface area contributed by atoms with Crippen molar-refractivity contribution in [2.45, 2.75) is 35.4 Å². The Morgan fingerprint density at radius 2 is 1.82 bits per heavy atom. The van der Waals surface area contributed by atoms with Crippen LogP contribution in [0.3, 0.4) is 0 Å². The summed E-state index contributed by atoms with van der Waals surface area (Å²) >= 11 is 5.66. The van der Waals surface area contributed by atoms with Gasteiger partial charge in [-0.2, -0.15) is 11.3 Å². The summed E-state index contributed by atoms with van der Waals surface area (Å²) in [5, 5.41) is 6.10. The quantitative estimate of drug-likeness (QED) is 0.261. The molecule has 5 heteroatoms. The van der Waals surface area contributed by atoms with Crippen molar-refractivity contribution in [1.29, 1.82) is 0 Å². The minimum atomic E-state index is 0.380. The van der Waals surface area contributed by atoms with Gasteiger partial charge in [0, 0.05) is 17.5 Å². The van der Waals surface area contributed by atoms with E-state index >= 15 is 0 Å². The Balaban J connectivity index is 1.24. The first-order chi connectivity index (χ1) is 19.2. The molecule has 0 amide bonds. The summed E-state index contributed by atoms with van der Waals surface area (Å²) in [5.74, 6) is 0. The molecule has 0 saturated carbocycles. The molecule has 0 bridgehead atoms. The van der Waals surface area contributed by atoms with Crippen LogP contribution in [0.25, 0.3) is 16.7 Å². The molecule has 1 aromatic heterocycles. The second-order valence-electron chi connectivity index (χ2n) is 10.1. The van der Waals surface area contributed by atoms with Gasteiger partial charge < -0.3 is 4.90 Å². The van der Waals surface area contributed by atoms with E-state index in [1.807, 2.05) is 23.5 Å². The van der Waals surface area contributed by atoms with Crippen LogP contribution in [0.5, 0.6) is 0 Å². The van der Waals surface area contributed by atoms with Crippen molar-refractivity contribution in [1.82, 2.24) is 0 Å². The van der Waals surface area contributed by atoms with Gasteiger partial charge in [-0.25, -0.2) is 0 Å². The summed E-state index contributed by atoms with van der Waals surface area (Å²) in [6.45, 7) is 6.58. The first kappa shape index (κ1) is 25.0. The SMILES string of the molecule is CCN1/C(=C/C2=CC(=C/C3Sc4ccc(-c5ccsc5)cc4[NH+]3CC)/Cc3ccccc32)Sc2ccccc21. The average Bonchev–Trinajstić information content (AvgIpc) is 3.69. The maximum absolute atomic E-state index is 2.54. The van der Waals surface area contributed by atoms with Crippen LogP contribution < -0.4 is 9.80 Å². The molecule has 2 unspecified atom stereocenters. The van der Waals surface area contributed by atoms with Crippen LogP contribution >= 0.6 is 34.9 Å². The highest BCUT2D eigenvalue weighted by atomic mass is 32.2. The van der Waals surface area contributed by atoms with Crippen molar-refractivity contribution in [2.75, 3.05) is 18.0 Å². The molecule has 2 nitrogen and oxygen atoms in total. The lowest BCUT2D eigenvalue weighted by atomic mass is 9.87. The molecule has 3 aromatic carbocycles. The third kappa shape index (κ3) is 4.62. The molecule has 1 aliphatic carbocycles. The van der Waals surface area contributed by atoms with Crippen LogP contribution in [-0.4, -0.2) is 18.5 Å². The number of benzene rings is 3. The molecule has 39 heavy (non-hydrogen) atoms. The Bertz CT molecular complexity index is 1630. The zero-order chi connectivity index (χ0) is 26.3. The average molecular weight is 564 g/mol. The number of para-hydroxylation sites is 1. The third-order valence-corrected chi connectivity index (χ3v) is 10.9. The normalized spacial score (nSPS) is 21.7. The predicted octanol–water partition coefficient (Wildman–Crippen LogP) is 8.42. The Morgan fingerprint density at radius 3 is 2.67 bits per heavy atom. The van der Waals surface area contributed by atoms with Crippen molar-refractivity contribution in [3.8, 4) is 11.1 Å². The smallest absolute Gasteiger partial charge is 0.163 e. The monoisotopic (exact) mass is 563 g/mol. The number of anilines is 1. The second kappa shape index (κ2) is 10.5. The minimum absolute atomic E-state index is 0.380. The van der Waals surface area contributed by atoms with Crippen molar-refractivity contribution >= 4 is 51.8 Å². The van der Waals surface area contributed by atoms with Gasteiger partial charge in [0.2, 0.25) is 0 Å². The molecule has 0 radical (unpaired) electrons. The minimum Gasteiger partial charge on any atom is -0.335 e. The van der Waals surface area contributed by atoms with E-state index in [-0.39, 0.29) is 0 Å². The summed E-state index contributed by atoms with van der Waals surface area (Å²) in [4.78, 5) is 6.74. The van der Waals surface area contributed by atoms with Gasteiger partial charge >= 0.3 is 0 Å². The lowest BCUT2D eigenvalue weighted by Gasteiger charge is -2.23. The first-order valence-corrected chi connectivity index (χ1v) is 16.3. The van der Waals surface area contributed by atoms with Gasteiger partial charge in [-0.15, -0.1) is 0 Å². The van der Waals surface area contributed by atoms with Crippen LogP contribution in [0.15, 0.2) is 122 Å². The number of nitrogens with zero attached hydrogens (tertiary/aromatic N) is 1. The standard InChI is InChI=1S/C34H30N2S3/c1-3-35-29-11-7-8-12-31(29)38-34(35)21-27-18-23(17-25-9-5-6-10-28(25)27)19-33-36(4-2)30-20-24(13-14-32(30)39-33)26-15-16-37-22-26/h5-16,18-22,33H,3-4,17H2,1-2H3/p+1/b23-19+,34-21-. The fourth-order valence-corrected chi connectivity index (χ4v) is 9.18. The van der Waals surface area contributed by atoms with E-state index in [1.165, 1.54) is 59.6 Å². The van der Waals surface area contributed by atoms with Gasteiger partial charge in [0.15, 0.2) is 5.37 Å². The second-order valence-corrected chi connectivity index (χ2v) is 13.1. The van der Waals surface area contributed by atoms with Gasteiger partial charge in [-0.05, 0) is 101 Å². The largest absolute Gasteiger partial charge is 0.335 e. The molecule has 0 saturated heterocycles. The summed E-state index contributed by atoms with van der Waals surface area (Å²) in [6.07, 6.45) is 8.38. The molecule has 3 heterocycles. The number of rotatable bonds is 5. The number of likely N-dealkylation sites (N-methyl/N-ethyl adjacent to an activating group) is 1. The zero-order valence-corrected chi connectivity index (χ0v) is 24.6. The van der Waals surface area contributed by atoms with E-state index in [1.54, 1.807) is 16.2 Å². The number of fused-ring (bicyclic) bond motifs is 3. The van der Waals surface area contributed by atoms with E-state index in [0.29, 0.717) is 5.37 Å². The third-order valence-electron chi connectivity index (χ3n) is 7.82. The molecule has 0 spiro atoms. The predicted molar refractivity (Wildman–Crippen MR) is 170 cm³/mol. The van der Waals surface area contributed by atoms with Gasteiger partial charge in [0.1, 0.15) is 5.69 Å². The van der Waals surface area contributed by atoms with E-state index in [0.717, 1.165) is 19.5 Å². The molecular formula is C34H31N2S3+. The van der Waals surface area contributed by atoms with E-state index in [2.05, 4.69) is 121 Å². The molecular weight excluding hydrogens is 533 g/mol. The Hall–Kier alpha value is -2.96. The summed E-state index contributed by atoms with van der Waals surface area (Å²) in [7, 11) is 0. The van der Waals surface area contributed by atoms with E-state index in [9.17, 15) is 0 Å². The number of allylic oxidation sites excluding steroid dienone is 4. The van der Waals surface area contributed by atoms with Gasteiger partial charge in [0.05, 0.1) is 22.2 Å². The highest BCUT2D eigenvalue weighted by Gasteiger charge is 2.34. The fourth-order valence-electron chi connectivity index (χ4n) is 5.92. The van der Waals surface area contributed by atoms with Gasteiger partial charge in [0.25, 0.3) is 0 Å². The highest BCUT2D eigenvalue weighted by Crippen LogP contribution is 2.47. The summed E-state index contributed by atoms with van der Waals surface area (Å²) in [5.41, 5.74) is 10.9. The van der Waals surface area contributed by atoms with Crippen LogP contribution in [0.1, 0.15) is 25.0 Å². The lowest BCUT2D eigenvalue weighted by Crippen LogP contribution is -3.08. The topological polar surface area (TPSA) is 7.68 Å². The number of hydrogen-bond acceptors (Lipinski definition) is 4. The molecule has 2 aliphatic heterocycles. The highest BCUT2D eigenvalue weighted by molar-refractivity contribution is 8.03. The number of thioether (sulfide) groups is 2. The fraction of sp³-hybridized carbons (Fsp3) is 0.176. The van der Waals surface area contributed by atoms with Gasteiger partial charge in [-0.3, -0.25) is 4.90 Å². The molecule has 0 fully saturated rings. The lowest BCUT2D eigenvalue weighted by molar-refractivity contribution is -0.833. The maximum Gasteiger partial charge on any atom is 0.163 e.